The number of aliphatic hydroxyl groups is 1. The van der Waals surface area contributed by atoms with Crippen molar-refractivity contribution in [2.75, 3.05) is 6.61 Å². The van der Waals surface area contributed by atoms with Gasteiger partial charge in [-0.1, -0.05) is 11.6 Å². The maximum Gasteiger partial charge on any atom is 0.0964 e. The summed E-state index contributed by atoms with van der Waals surface area (Å²) in [5.74, 6) is 2.83. The van der Waals surface area contributed by atoms with E-state index < -0.39 is 0 Å². The predicted octanol–water partition coefficient (Wildman–Crippen LogP) is 1.57. The fourth-order valence-corrected chi connectivity index (χ4v) is 4.08. The van der Waals surface area contributed by atoms with E-state index in [-0.39, 0.29) is 6.61 Å². The van der Waals surface area contributed by atoms with Gasteiger partial charge in [-0.25, -0.2) is 0 Å². The Balaban J connectivity index is 1.45. The minimum Gasteiger partial charge on any atom is -0.396 e. The normalized spacial score (nSPS) is 30.0. The highest BCUT2D eigenvalue weighted by molar-refractivity contribution is 4.96. The standard InChI is InChI=1S/C15H26N4O/c1-11(15-8-12-3-4-13(15)7-12)16-9-14-10-19(18-17-14)5-2-6-20/h10-13,15-16,20H,2-9H2,1H3. The van der Waals surface area contributed by atoms with Crippen molar-refractivity contribution in [3.63, 3.8) is 0 Å². The van der Waals surface area contributed by atoms with Gasteiger partial charge in [0, 0.05) is 31.9 Å². The van der Waals surface area contributed by atoms with Crippen LogP contribution in [-0.2, 0) is 13.1 Å². The van der Waals surface area contributed by atoms with Crippen LogP contribution < -0.4 is 5.32 Å². The lowest BCUT2D eigenvalue weighted by molar-refractivity contribution is 0.259. The van der Waals surface area contributed by atoms with Crippen molar-refractivity contribution in [1.29, 1.82) is 0 Å². The fraction of sp³-hybridized carbons (Fsp3) is 0.867. The second-order valence-electron chi connectivity index (χ2n) is 6.56. The molecule has 2 aliphatic rings. The third-order valence-corrected chi connectivity index (χ3v) is 5.17. The molecule has 2 bridgehead atoms. The summed E-state index contributed by atoms with van der Waals surface area (Å²) in [5, 5.41) is 20.7. The summed E-state index contributed by atoms with van der Waals surface area (Å²) in [6, 6.07) is 0.577. The van der Waals surface area contributed by atoms with Crippen molar-refractivity contribution in [3.05, 3.63) is 11.9 Å². The first-order valence-electron chi connectivity index (χ1n) is 7.99. The van der Waals surface area contributed by atoms with Gasteiger partial charge >= 0.3 is 0 Å². The van der Waals surface area contributed by atoms with Crippen LogP contribution in [0.15, 0.2) is 6.20 Å². The van der Waals surface area contributed by atoms with E-state index in [1.165, 1.54) is 25.7 Å². The van der Waals surface area contributed by atoms with E-state index in [0.717, 1.165) is 43.0 Å². The third kappa shape index (κ3) is 3.04. The number of aliphatic hydroxyl groups excluding tert-OH is 1. The number of nitrogens with zero attached hydrogens (tertiary/aromatic N) is 3. The van der Waals surface area contributed by atoms with E-state index >= 15 is 0 Å². The van der Waals surface area contributed by atoms with Crippen LogP contribution in [0.4, 0.5) is 0 Å². The van der Waals surface area contributed by atoms with Gasteiger partial charge in [-0.05, 0) is 50.4 Å². The van der Waals surface area contributed by atoms with Crippen molar-refractivity contribution < 1.29 is 5.11 Å². The third-order valence-electron chi connectivity index (χ3n) is 5.17. The quantitative estimate of drug-likeness (QED) is 0.795. The molecule has 0 aromatic carbocycles. The molecule has 1 aromatic heterocycles. The van der Waals surface area contributed by atoms with Gasteiger partial charge in [0.05, 0.1) is 5.69 Å². The molecule has 3 rings (SSSR count). The summed E-state index contributed by atoms with van der Waals surface area (Å²) in [6.45, 7) is 4.07. The Morgan fingerprint density at radius 1 is 1.45 bits per heavy atom. The lowest BCUT2D eigenvalue weighted by Gasteiger charge is -2.28. The van der Waals surface area contributed by atoms with Crippen LogP contribution in [0.5, 0.6) is 0 Å². The number of aryl methyl sites for hydroxylation is 1. The number of nitrogens with one attached hydrogen (secondary N) is 1. The summed E-state index contributed by atoms with van der Waals surface area (Å²) in [5.41, 5.74) is 0.998. The van der Waals surface area contributed by atoms with Crippen molar-refractivity contribution in [3.8, 4) is 0 Å². The highest BCUT2D eigenvalue weighted by Gasteiger charge is 2.41. The van der Waals surface area contributed by atoms with Crippen LogP contribution in [0, 0.1) is 17.8 Å². The maximum atomic E-state index is 8.81. The topological polar surface area (TPSA) is 63.0 Å². The largest absolute Gasteiger partial charge is 0.396 e. The van der Waals surface area contributed by atoms with Gasteiger partial charge in [-0.15, -0.1) is 5.10 Å². The molecule has 4 atom stereocenters. The van der Waals surface area contributed by atoms with E-state index in [4.69, 9.17) is 5.11 Å². The molecule has 0 radical (unpaired) electrons. The first-order chi connectivity index (χ1) is 9.76. The van der Waals surface area contributed by atoms with Crippen LogP contribution in [-0.4, -0.2) is 32.7 Å². The fourth-order valence-electron chi connectivity index (χ4n) is 4.08. The Kier molecular flexibility index (Phi) is 4.36. The molecule has 1 heterocycles. The SMILES string of the molecule is CC(NCc1cn(CCCO)nn1)C1CC2CCC1C2. The van der Waals surface area contributed by atoms with Crippen molar-refractivity contribution >= 4 is 0 Å². The average Bonchev–Trinajstić information content (AvgIpc) is 3.18. The molecule has 2 aliphatic carbocycles. The lowest BCUT2D eigenvalue weighted by Crippen LogP contribution is -2.35. The lowest BCUT2D eigenvalue weighted by atomic mass is 9.84. The van der Waals surface area contributed by atoms with E-state index in [0.29, 0.717) is 6.04 Å². The smallest absolute Gasteiger partial charge is 0.0964 e. The summed E-state index contributed by atoms with van der Waals surface area (Å²) >= 11 is 0. The summed E-state index contributed by atoms with van der Waals surface area (Å²) in [7, 11) is 0. The maximum absolute atomic E-state index is 8.81. The summed E-state index contributed by atoms with van der Waals surface area (Å²) in [4.78, 5) is 0. The van der Waals surface area contributed by atoms with Crippen LogP contribution in [0.25, 0.3) is 0 Å². The van der Waals surface area contributed by atoms with Crippen LogP contribution in [0.1, 0.15) is 44.7 Å². The highest BCUT2D eigenvalue weighted by Crippen LogP contribution is 2.49. The van der Waals surface area contributed by atoms with Crippen molar-refractivity contribution in [1.82, 2.24) is 20.3 Å². The van der Waals surface area contributed by atoms with Gasteiger partial charge in [0.15, 0.2) is 0 Å². The Morgan fingerprint density at radius 2 is 2.35 bits per heavy atom. The minimum absolute atomic E-state index is 0.203. The summed E-state index contributed by atoms with van der Waals surface area (Å²) < 4.78 is 1.81. The first-order valence-corrected chi connectivity index (χ1v) is 7.99. The van der Waals surface area contributed by atoms with Crippen LogP contribution in [0.3, 0.4) is 0 Å². The molecule has 5 nitrogen and oxygen atoms in total. The molecule has 4 unspecified atom stereocenters. The van der Waals surface area contributed by atoms with E-state index in [9.17, 15) is 0 Å². The van der Waals surface area contributed by atoms with E-state index in [1.54, 1.807) is 0 Å². The molecule has 0 spiro atoms. The van der Waals surface area contributed by atoms with Crippen LogP contribution >= 0.6 is 0 Å². The molecule has 0 saturated heterocycles. The van der Waals surface area contributed by atoms with Gasteiger partial charge < -0.3 is 10.4 Å². The monoisotopic (exact) mass is 278 g/mol. The number of hydrogen-bond acceptors (Lipinski definition) is 4. The number of aromatic nitrogens is 3. The molecule has 0 amide bonds. The second-order valence-corrected chi connectivity index (χ2v) is 6.56. The van der Waals surface area contributed by atoms with Gasteiger partial charge in [0.1, 0.15) is 0 Å². The van der Waals surface area contributed by atoms with Crippen LogP contribution in [0.2, 0.25) is 0 Å². The second kappa shape index (κ2) is 6.22. The first kappa shape index (κ1) is 14.0. The number of hydrogen-bond donors (Lipinski definition) is 2. The average molecular weight is 278 g/mol. The van der Waals surface area contributed by atoms with Gasteiger partial charge in [-0.3, -0.25) is 4.68 Å². The van der Waals surface area contributed by atoms with Gasteiger partial charge in [0.2, 0.25) is 0 Å². The number of fused-ring (bicyclic) bond motifs is 2. The zero-order chi connectivity index (χ0) is 13.9. The molecule has 20 heavy (non-hydrogen) atoms. The zero-order valence-corrected chi connectivity index (χ0v) is 12.3. The molecule has 2 saturated carbocycles. The molecule has 2 N–H and O–H groups in total. The molecule has 2 fully saturated rings. The molecular weight excluding hydrogens is 252 g/mol. The van der Waals surface area contributed by atoms with Crippen molar-refractivity contribution in [2.24, 2.45) is 17.8 Å². The molecule has 1 aromatic rings. The molecule has 112 valence electrons. The Hall–Kier alpha value is -0.940. The van der Waals surface area contributed by atoms with E-state index in [1.807, 2.05) is 10.9 Å². The predicted molar refractivity (Wildman–Crippen MR) is 77.0 cm³/mol. The Labute approximate surface area is 120 Å². The van der Waals surface area contributed by atoms with Gasteiger partial charge in [0.25, 0.3) is 0 Å². The zero-order valence-electron chi connectivity index (χ0n) is 12.3. The van der Waals surface area contributed by atoms with Gasteiger partial charge in [-0.2, -0.15) is 0 Å². The van der Waals surface area contributed by atoms with Crippen molar-refractivity contribution in [2.45, 2.75) is 58.2 Å². The highest BCUT2D eigenvalue weighted by atomic mass is 16.3. The Bertz CT molecular complexity index is 433. The molecule has 0 aliphatic heterocycles. The van der Waals surface area contributed by atoms with E-state index in [2.05, 4.69) is 22.6 Å². The molecule has 5 heteroatoms. The number of rotatable bonds is 7. The minimum atomic E-state index is 0.203. The summed E-state index contributed by atoms with van der Waals surface area (Å²) in [6.07, 6.45) is 8.51. The Morgan fingerprint density at radius 3 is 3.05 bits per heavy atom. The molecular formula is C15H26N4O.